The number of rotatable bonds is 4. The first-order chi connectivity index (χ1) is 6.65. The third-order valence-corrected chi connectivity index (χ3v) is 3.32. The molecule has 0 saturated heterocycles. The lowest BCUT2D eigenvalue weighted by molar-refractivity contribution is -0.0444. The Hall–Kier alpha value is -0.820. The van der Waals surface area contributed by atoms with E-state index in [0.717, 1.165) is 6.42 Å². The van der Waals surface area contributed by atoms with Gasteiger partial charge in [0.1, 0.15) is 0 Å². The van der Waals surface area contributed by atoms with Crippen LogP contribution < -0.4 is 0 Å². The maximum Gasteiger partial charge on any atom is 0.0924 e. The Morgan fingerprint density at radius 3 is 2.29 bits per heavy atom. The molecule has 1 aromatic rings. The lowest BCUT2D eigenvalue weighted by Gasteiger charge is -2.34. The van der Waals surface area contributed by atoms with Crippen LogP contribution in [0.25, 0.3) is 0 Å². The topological polar surface area (TPSA) is 9.23 Å². The summed E-state index contributed by atoms with van der Waals surface area (Å²) in [6.07, 6.45) is 1.12. The SMILES string of the molecule is CCC(C)C(C)(OC)c1ccccc1. The molecule has 1 nitrogen and oxygen atoms in total. The van der Waals surface area contributed by atoms with Crippen LogP contribution in [0.15, 0.2) is 30.3 Å². The van der Waals surface area contributed by atoms with Crippen molar-refractivity contribution in [3.05, 3.63) is 35.9 Å². The predicted octanol–water partition coefficient (Wildman–Crippen LogP) is 3.59. The van der Waals surface area contributed by atoms with Crippen molar-refractivity contribution in [2.75, 3.05) is 7.11 Å². The minimum absolute atomic E-state index is 0.157. The molecule has 0 radical (unpaired) electrons. The zero-order valence-corrected chi connectivity index (χ0v) is 9.58. The van der Waals surface area contributed by atoms with Gasteiger partial charge in [0, 0.05) is 7.11 Å². The normalized spacial score (nSPS) is 17.4. The van der Waals surface area contributed by atoms with E-state index in [2.05, 4.69) is 45.0 Å². The van der Waals surface area contributed by atoms with Crippen molar-refractivity contribution in [2.45, 2.75) is 32.8 Å². The fraction of sp³-hybridized carbons (Fsp3) is 0.538. The second-order valence-electron chi connectivity index (χ2n) is 3.99. The van der Waals surface area contributed by atoms with Gasteiger partial charge in [-0.1, -0.05) is 50.6 Å². The van der Waals surface area contributed by atoms with E-state index >= 15 is 0 Å². The fourth-order valence-electron chi connectivity index (χ4n) is 1.76. The van der Waals surface area contributed by atoms with Crippen LogP contribution >= 0.6 is 0 Å². The van der Waals surface area contributed by atoms with Gasteiger partial charge in [0.25, 0.3) is 0 Å². The largest absolute Gasteiger partial charge is 0.374 e. The van der Waals surface area contributed by atoms with Crippen molar-refractivity contribution in [1.82, 2.24) is 0 Å². The maximum atomic E-state index is 5.68. The summed E-state index contributed by atoms with van der Waals surface area (Å²) in [6.45, 7) is 6.60. The van der Waals surface area contributed by atoms with Gasteiger partial charge in [-0.25, -0.2) is 0 Å². The summed E-state index contributed by atoms with van der Waals surface area (Å²) in [5, 5.41) is 0. The van der Waals surface area contributed by atoms with E-state index in [1.165, 1.54) is 5.56 Å². The highest BCUT2D eigenvalue weighted by Crippen LogP contribution is 2.34. The molecule has 0 aliphatic heterocycles. The number of methoxy groups -OCH3 is 1. The second kappa shape index (κ2) is 4.61. The molecule has 0 N–H and O–H groups in total. The fourth-order valence-corrected chi connectivity index (χ4v) is 1.76. The van der Waals surface area contributed by atoms with E-state index in [0.29, 0.717) is 5.92 Å². The van der Waals surface area contributed by atoms with Gasteiger partial charge in [-0.15, -0.1) is 0 Å². The van der Waals surface area contributed by atoms with E-state index in [9.17, 15) is 0 Å². The molecule has 78 valence electrons. The Bertz CT molecular complexity index is 268. The van der Waals surface area contributed by atoms with Gasteiger partial charge in [-0.05, 0) is 18.4 Å². The van der Waals surface area contributed by atoms with E-state index in [1.807, 2.05) is 6.07 Å². The molecule has 1 aromatic carbocycles. The summed E-state index contributed by atoms with van der Waals surface area (Å²) in [7, 11) is 1.79. The molecule has 0 aliphatic carbocycles. The lowest BCUT2D eigenvalue weighted by Crippen LogP contribution is -2.32. The molecule has 14 heavy (non-hydrogen) atoms. The van der Waals surface area contributed by atoms with Crippen LogP contribution in [0.1, 0.15) is 32.8 Å². The lowest BCUT2D eigenvalue weighted by atomic mass is 9.82. The first-order valence-electron chi connectivity index (χ1n) is 5.25. The molecule has 0 aliphatic rings. The van der Waals surface area contributed by atoms with Crippen LogP contribution in [0.5, 0.6) is 0 Å². The molecular formula is C13H20O. The second-order valence-corrected chi connectivity index (χ2v) is 3.99. The molecule has 0 fully saturated rings. The first-order valence-corrected chi connectivity index (χ1v) is 5.25. The molecule has 0 aromatic heterocycles. The first kappa shape index (κ1) is 11.3. The molecule has 0 spiro atoms. The standard InChI is InChI=1S/C13H20O/c1-5-11(2)13(3,14-4)12-9-7-6-8-10-12/h6-11H,5H2,1-4H3. The molecule has 2 unspecified atom stereocenters. The maximum absolute atomic E-state index is 5.68. The number of benzene rings is 1. The van der Waals surface area contributed by atoms with Crippen molar-refractivity contribution < 1.29 is 4.74 Å². The number of ether oxygens (including phenoxy) is 1. The van der Waals surface area contributed by atoms with Crippen LogP contribution in [0.3, 0.4) is 0 Å². The molecule has 0 heterocycles. The smallest absolute Gasteiger partial charge is 0.0924 e. The molecule has 2 atom stereocenters. The van der Waals surface area contributed by atoms with Crippen LogP contribution in [-0.2, 0) is 10.3 Å². The van der Waals surface area contributed by atoms with Gasteiger partial charge < -0.3 is 4.74 Å². The molecule has 0 saturated carbocycles. The third-order valence-electron chi connectivity index (χ3n) is 3.32. The molecule has 1 heteroatoms. The van der Waals surface area contributed by atoms with E-state index in [-0.39, 0.29) is 5.60 Å². The van der Waals surface area contributed by atoms with Crippen molar-refractivity contribution >= 4 is 0 Å². The highest BCUT2D eigenvalue weighted by atomic mass is 16.5. The van der Waals surface area contributed by atoms with Crippen molar-refractivity contribution in [3.63, 3.8) is 0 Å². The van der Waals surface area contributed by atoms with E-state index in [1.54, 1.807) is 7.11 Å². The quantitative estimate of drug-likeness (QED) is 0.708. The predicted molar refractivity (Wildman–Crippen MR) is 60.3 cm³/mol. The zero-order chi connectivity index (χ0) is 10.6. The Morgan fingerprint density at radius 2 is 1.86 bits per heavy atom. The summed E-state index contributed by atoms with van der Waals surface area (Å²) in [5.41, 5.74) is 1.10. The average molecular weight is 192 g/mol. The molecular weight excluding hydrogens is 172 g/mol. The van der Waals surface area contributed by atoms with E-state index in [4.69, 9.17) is 4.74 Å². The summed E-state index contributed by atoms with van der Waals surface area (Å²) in [6, 6.07) is 10.4. The molecule has 0 amide bonds. The van der Waals surface area contributed by atoms with Gasteiger partial charge in [-0.3, -0.25) is 0 Å². The summed E-state index contributed by atoms with van der Waals surface area (Å²) in [5.74, 6) is 0.523. The minimum Gasteiger partial charge on any atom is -0.374 e. The third kappa shape index (κ3) is 1.98. The molecule has 1 rings (SSSR count). The Balaban J connectivity index is 3.01. The number of hydrogen-bond donors (Lipinski definition) is 0. The van der Waals surface area contributed by atoms with Crippen molar-refractivity contribution in [2.24, 2.45) is 5.92 Å². The summed E-state index contributed by atoms with van der Waals surface area (Å²) < 4.78 is 5.68. The van der Waals surface area contributed by atoms with Crippen LogP contribution in [-0.4, -0.2) is 7.11 Å². The van der Waals surface area contributed by atoms with Crippen molar-refractivity contribution in [1.29, 1.82) is 0 Å². The van der Waals surface area contributed by atoms with Gasteiger partial charge in [0.05, 0.1) is 5.60 Å². The Labute approximate surface area is 87.1 Å². The zero-order valence-electron chi connectivity index (χ0n) is 9.58. The Morgan fingerprint density at radius 1 is 1.29 bits per heavy atom. The highest BCUT2D eigenvalue weighted by Gasteiger charge is 2.31. The van der Waals surface area contributed by atoms with Crippen molar-refractivity contribution in [3.8, 4) is 0 Å². The number of hydrogen-bond acceptors (Lipinski definition) is 1. The van der Waals surface area contributed by atoms with Crippen LogP contribution in [0.2, 0.25) is 0 Å². The average Bonchev–Trinajstić information content (AvgIpc) is 2.28. The minimum atomic E-state index is -0.157. The monoisotopic (exact) mass is 192 g/mol. The van der Waals surface area contributed by atoms with Crippen LogP contribution in [0, 0.1) is 5.92 Å². The Kier molecular flexibility index (Phi) is 3.70. The van der Waals surface area contributed by atoms with Gasteiger partial charge in [-0.2, -0.15) is 0 Å². The van der Waals surface area contributed by atoms with Crippen LogP contribution in [0.4, 0.5) is 0 Å². The summed E-state index contributed by atoms with van der Waals surface area (Å²) >= 11 is 0. The highest BCUT2D eigenvalue weighted by molar-refractivity contribution is 5.22. The molecule has 0 bridgehead atoms. The van der Waals surface area contributed by atoms with Gasteiger partial charge in [0.15, 0.2) is 0 Å². The van der Waals surface area contributed by atoms with Gasteiger partial charge in [0.2, 0.25) is 0 Å². The van der Waals surface area contributed by atoms with E-state index < -0.39 is 0 Å². The summed E-state index contributed by atoms with van der Waals surface area (Å²) in [4.78, 5) is 0. The van der Waals surface area contributed by atoms with Gasteiger partial charge >= 0.3 is 0 Å².